The molecule has 3 aromatic rings. The number of hydrogen-bond acceptors (Lipinski definition) is 3. The largest absolute Gasteiger partial charge is 0.480 e. The number of halogens is 1. The van der Waals surface area contributed by atoms with Crippen molar-refractivity contribution in [1.82, 2.24) is 5.09 Å². The molecule has 0 aliphatic rings. The highest BCUT2D eigenvalue weighted by molar-refractivity contribution is 7.84. The number of carboxylic acid groups (broad SMARTS) is 1. The van der Waals surface area contributed by atoms with Gasteiger partial charge in [0.25, 0.3) is 0 Å². The standard InChI is InChI=1S/C18H15ClNO4P/c19-25(23,20-17(18(21)22)14-8-2-1-3-9-14)24-16-12-6-10-13-7-4-5-11-15(13)16/h1-12,17H,(H,20,23)(H,21,22). The Kier molecular flexibility index (Phi) is 5.09. The Labute approximate surface area is 149 Å². The van der Waals surface area contributed by atoms with Gasteiger partial charge in [0.1, 0.15) is 11.8 Å². The summed E-state index contributed by atoms with van der Waals surface area (Å²) in [6.45, 7) is -3.95. The number of benzene rings is 3. The van der Waals surface area contributed by atoms with Gasteiger partial charge in [-0.2, -0.15) is 0 Å². The van der Waals surface area contributed by atoms with Crippen LogP contribution in [-0.2, 0) is 9.36 Å². The summed E-state index contributed by atoms with van der Waals surface area (Å²) in [4.78, 5) is 11.5. The van der Waals surface area contributed by atoms with Gasteiger partial charge in [-0.05, 0) is 17.0 Å². The predicted molar refractivity (Wildman–Crippen MR) is 98.0 cm³/mol. The normalized spacial score (nSPS) is 14.6. The van der Waals surface area contributed by atoms with Crippen LogP contribution < -0.4 is 9.61 Å². The molecule has 2 atom stereocenters. The van der Waals surface area contributed by atoms with Gasteiger partial charge in [0.15, 0.2) is 0 Å². The molecule has 0 bridgehead atoms. The van der Waals surface area contributed by atoms with E-state index in [-0.39, 0.29) is 0 Å². The zero-order valence-corrected chi connectivity index (χ0v) is 14.7. The van der Waals surface area contributed by atoms with Crippen LogP contribution in [0.2, 0.25) is 0 Å². The number of hydrogen-bond donors (Lipinski definition) is 2. The van der Waals surface area contributed by atoms with Crippen LogP contribution in [0.1, 0.15) is 11.6 Å². The van der Waals surface area contributed by atoms with Gasteiger partial charge in [-0.3, -0.25) is 4.79 Å². The average Bonchev–Trinajstić information content (AvgIpc) is 2.60. The van der Waals surface area contributed by atoms with E-state index in [0.29, 0.717) is 11.3 Å². The number of carbonyl (C=O) groups is 1. The Morgan fingerprint density at radius 2 is 1.64 bits per heavy atom. The molecule has 0 fully saturated rings. The molecule has 2 N–H and O–H groups in total. The SMILES string of the molecule is O=C(O)C(NP(=O)(Cl)Oc1cccc2ccccc12)c1ccccc1. The van der Waals surface area contributed by atoms with Crippen molar-refractivity contribution in [2.75, 3.05) is 0 Å². The van der Waals surface area contributed by atoms with Gasteiger partial charge < -0.3 is 9.63 Å². The zero-order chi connectivity index (χ0) is 17.9. The molecule has 0 heterocycles. The third-order valence-corrected chi connectivity index (χ3v) is 5.13. The first kappa shape index (κ1) is 17.5. The minimum absolute atomic E-state index is 0.320. The molecule has 0 radical (unpaired) electrons. The molecular formula is C18H15ClNO4P. The molecule has 0 spiro atoms. The molecule has 0 saturated carbocycles. The van der Waals surface area contributed by atoms with E-state index in [1.54, 1.807) is 42.5 Å². The number of rotatable bonds is 6. The van der Waals surface area contributed by atoms with Crippen LogP contribution in [0.3, 0.4) is 0 Å². The molecule has 0 aromatic heterocycles. The Balaban J connectivity index is 1.88. The van der Waals surface area contributed by atoms with Gasteiger partial charge in [-0.25, -0.2) is 9.65 Å². The van der Waals surface area contributed by atoms with Crippen LogP contribution in [0, 0.1) is 0 Å². The molecule has 5 nitrogen and oxygen atoms in total. The lowest BCUT2D eigenvalue weighted by molar-refractivity contribution is -0.139. The lowest BCUT2D eigenvalue weighted by atomic mass is 10.1. The molecule has 0 aliphatic heterocycles. The van der Waals surface area contributed by atoms with E-state index >= 15 is 0 Å². The summed E-state index contributed by atoms with van der Waals surface area (Å²) in [5, 5.41) is 13.5. The molecule has 128 valence electrons. The van der Waals surface area contributed by atoms with Crippen LogP contribution in [0.25, 0.3) is 10.8 Å². The Morgan fingerprint density at radius 3 is 2.36 bits per heavy atom. The van der Waals surface area contributed by atoms with Crippen molar-refractivity contribution in [3.05, 3.63) is 78.4 Å². The summed E-state index contributed by atoms with van der Waals surface area (Å²) < 4.78 is 18.1. The topological polar surface area (TPSA) is 75.6 Å². The molecule has 0 aliphatic carbocycles. The van der Waals surface area contributed by atoms with Crippen LogP contribution in [0.4, 0.5) is 0 Å². The van der Waals surface area contributed by atoms with Gasteiger partial charge in [0.2, 0.25) is 0 Å². The van der Waals surface area contributed by atoms with Crippen LogP contribution in [0.5, 0.6) is 5.75 Å². The Morgan fingerprint density at radius 1 is 1.00 bits per heavy atom. The first-order valence-corrected chi connectivity index (χ1v) is 10.0. The van der Waals surface area contributed by atoms with Crippen molar-refractivity contribution in [3.8, 4) is 5.75 Å². The molecule has 0 saturated heterocycles. The molecule has 3 aromatic carbocycles. The van der Waals surface area contributed by atoms with Gasteiger partial charge >= 0.3 is 12.8 Å². The summed E-state index contributed by atoms with van der Waals surface area (Å²) >= 11 is 6.02. The van der Waals surface area contributed by atoms with Gasteiger partial charge in [-0.15, -0.1) is 0 Å². The fourth-order valence-corrected chi connectivity index (χ4v) is 4.05. The van der Waals surface area contributed by atoms with Crippen LogP contribution in [0.15, 0.2) is 72.8 Å². The van der Waals surface area contributed by atoms with Crippen molar-refractivity contribution >= 4 is 34.9 Å². The number of aliphatic carboxylic acids is 1. The van der Waals surface area contributed by atoms with Gasteiger partial charge in [-0.1, -0.05) is 66.7 Å². The Bertz CT molecular complexity index is 943. The fourth-order valence-electron chi connectivity index (χ4n) is 2.50. The van der Waals surface area contributed by atoms with E-state index < -0.39 is 18.9 Å². The molecule has 25 heavy (non-hydrogen) atoms. The molecule has 2 unspecified atom stereocenters. The number of carboxylic acids is 1. The predicted octanol–water partition coefficient (Wildman–Crippen LogP) is 4.98. The maximum atomic E-state index is 12.7. The quantitative estimate of drug-likeness (QED) is 0.594. The zero-order valence-electron chi connectivity index (χ0n) is 13.0. The summed E-state index contributed by atoms with van der Waals surface area (Å²) in [6, 6.07) is 19.8. The van der Waals surface area contributed by atoms with Crippen LogP contribution >= 0.6 is 18.1 Å². The first-order valence-electron chi connectivity index (χ1n) is 7.49. The summed E-state index contributed by atoms with van der Waals surface area (Å²) in [5.74, 6) is -0.880. The lowest BCUT2D eigenvalue weighted by Gasteiger charge is -2.20. The highest BCUT2D eigenvalue weighted by atomic mass is 35.7. The highest BCUT2D eigenvalue weighted by Crippen LogP contribution is 2.51. The second-order valence-electron chi connectivity index (χ2n) is 5.36. The molecular weight excluding hydrogens is 361 g/mol. The maximum Gasteiger partial charge on any atom is 0.410 e. The van der Waals surface area contributed by atoms with E-state index in [2.05, 4.69) is 5.09 Å². The van der Waals surface area contributed by atoms with E-state index in [0.717, 1.165) is 10.8 Å². The molecule has 0 amide bonds. The van der Waals surface area contributed by atoms with Gasteiger partial charge in [0.05, 0.1) is 0 Å². The van der Waals surface area contributed by atoms with E-state index in [1.165, 1.54) is 0 Å². The smallest absolute Gasteiger partial charge is 0.410 e. The number of fused-ring (bicyclic) bond motifs is 1. The molecule has 7 heteroatoms. The second-order valence-corrected chi connectivity index (χ2v) is 8.09. The second kappa shape index (κ2) is 7.28. The fraction of sp³-hybridized carbons (Fsp3) is 0.0556. The third kappa shape index (κ3) is 4.20. The maximum absolute atomic E-state index is 12.7. The van der Waals surface area contributed by atoms with E-state index in [1.807, 2.05) is 30.3 Å². The van der Waals surface area contributed by atoms with Gasteiger partial charge in [0, 0.05) is 16.6 Å². The van der Waals surface area contributed by atoms with Crippen molar-refractivity contribution in [2.45, 2.75) is 6.04 Å². The summed E-state index contributed by atoms with van der Waals surface area (Å²) in [5.41, 5.74) is 0.428. The summed E-state index contributed by atoms with van der Waals surface area (Å²) in [7, 11) is 0. The van der Waals surface area contributed by atoms with Crippen molar-refractivity contribution < 1.29 is 19.0 Å². The Hall–Kier alpha value is -2.33. The molecule has 3 rings (SSSR count). The summed E-state index contributed by atoms with van der Waals surface area (Å²) in [6.07, 6.45) is 0. The number of nitrogens with one attached hydrogen (secondary N) is 1. The van der Waals surface area contributed by atoms with Crippen molar-refractivity contribution in [2.24, 2.45) is 0 Å². The van der Waals surface area contributed by atoms with E-state index in [9.17, 15) is 14.5 Å². The minimum Gasteiger partial charge on any atom is -0.480 e. The lowest BCUT2D eigenvalue weighted by Crippen LogP contribution is -2.26. The first-order chi connectivity index (χ1) is 12.0. The van der Waals surface area contributed by atoms with Crippen LogP contribution in [-0.4, -0.2) is 11.1 Å². The monoisotopic (exact) mass is 375 g/mol. The third-order valence-electron chi connectivity index (χ3n) is 3.63. The van der Waals surface area contributed by atoms with Crippen molar-refractivity contribution in [3.63, 3.8) is 0 Å². The highest BCUT2D eigenvalue weighted by Gasteiger charge is 2.31. The van der Waals surface area contributed by atoms with Crippen molar-refractivity contribution in [1.29, 1.82) is 0 Å². The van der Waals surface area contributed by atoms with E-state index in [4.69, 9.17) is 15.8 Å². The average molecular weight is 376 g/mol. The minimum atomic E-state index is -3.95.